The topological polar surface area (TPSA) is 78.9 Å². The number of hydrogen-bond donors (Lipinski definition) is 2. The average molecular weight is 505 g/mol. The molecule has 2 fully saturated rings. The maximum Gasteiger partial charge on any atom is 0.308 e. The van der Waals surface area contributed by atoms with E-state index >= 15 is 0 Å². The minimum Gasteiger partial charge on any atom is -0.427 e. The highest BCUT2D eigenvalue weighted by Crippen LogP contribution is 2.52. The van der Waals surface area contributed by atoms with Crippen molar-refractivity contribution in [2.24, 2.45) is 0 Å². The van der Waals surface area contributed by atoms with Crippen LogP contribution in [0.3, 0.4) is 0 Å². The van der Waals surface area contributed by atoms with Crippen molar-refractivity contribution in [3.05, 3.63) is 63.6 Å². The molecule has 2 aliphatic rings. The number of β-amino-alcohol motifs (C(OH)–C–C–N with tert-alkyl or cyclic N) is 1. The van der Waals surface area contributed by atoms with Gasteiger partial charge in [0, 0.05) is 24.9 Å². The van der Waals surface area contributed by atoms with Crippen molar-refractivity contribution >= 4 is 35.1 Å². The number of rotatable bonds is 5. The maximum atomic E-state index is 12.9. The monoisotopic (exact) mass is 504 g/mol. The molecular weight excluding hydrogens is 475 g/mol. The molecule has 1 amide bonds. The largest absolute Gasteiger partial charge is 0.427 e. The first-order valence-corrected chi connectivity index (χ1v) is 12.3. The predicted octanol–water partition coefficient (Wildman–Crippen LogP) is 4.13. The zero-order valence-electron chi connectivity index (χ0n) is 19.4. The summed E-state index contributed by atoms with van der Waals surface area (Å²) in [4.78, 5) is 26.5. The molecule has 3 atom stereocenters. The van der Waals surface area contributed by atoms with E-state index in [1.807, 2.05) is 25.2 Å². The average Bonchev–Trinajstić information content (AvgIpc) is 2.76. The van der Waals surface area contributed by atoms with E-state index in [2.05, 4.69) is 10.2 Å². The van der Waals surface area contributed by atoms with Gasteiger partial charge in [-0.1, -0.05) is 41.4 Å². The van der Waals surface area contributed by atoms with Crippen LogP contribution in [0.25, 0.3) is 0 Å². The Bertz CT molecular complexity index is 1090. The highest BCUT2D eigenvalue weighted by Gasteiger charge is 2.57. The van der Waals surface area contributed by atoms with Gasteiger partial charge in [0.05, 0.1) is 22.1 Å². The second-order valence-electron chi connectivity index (χ2n) is 9.66. The standard InChI is InChI=1S/C26H30Cl2N2O4/c1-17(31)34-21-5-3-4-19(14-21)25-10-11-30(2)16-26(25,33)9-8-20(15-25)29-24(32)13-18-6-7-22(27)23(28)12-18/h3-7,12,14,20,33H,8-11,13,15-16H2,1-2H3,(H,29,32)/t20-,25-,26-/m0/s1. The molecule has 2 N–H and O–H groups in total. The molecule has 1 heterocycles. The van der Waals surface area contributed by atoms with Gasteiger partial charge in [0.2, 0.25) is 5.91 Å². The summed E-state index contributed by atoms with van der Waals surface area (Å²) >= 11 is 12.1. The van der Waals surface area contributed by atoms with Crippen LogP contribution in [0.2, 0.25) is 10.0 Å². The van der Waals surface area contributed by atoms with Gasteiger partial charge in [0.1, 0.15) is 5.75 Å². The van der Waals surface area contributed by atoms with Crippen LogP contribution in [0, 0.1) is 0 Å². The van der Waals surface area contributed by atoms with Crippen LogP contribution >= 0.6 is 23.2 Å². The maximum absolute atomic E-state index is 12.9. The van der Waals surface area contributed by atoms with E-state index in [0.29, 0.717) is 41.6 Å². The van der Waals surface area contributed by atoms with Gasteiger partial charge in [-0.15, -0.1) is 0 Å². The van der Waals surface area contributed by atoms with Crippen molar-refractivity contribution in [2.45, 2.75) is 56.1 Å². The van der Waals surface area contributed by atoms with Crippen LogP contribution in [0.1, 0.15) is 43.7 Å². The number of hydrogen-bond acceptors (Lipinski definition) is 5. The number of carbonyl (C=O) groups excluding carboxylic acids is 2. The van der Waals surface area contributed by atoms with Gasteiger partial charge < -0.3 is 20.1 Å². The second kappa shape index (κ2) is 9.86. The van der Waals surface area contributed by atoms with Gasteiger partial charge in [-0.05, 0) is 74.7 Å². The SMILES string of the molecule is CC(=O)Oc1cccc([C@@]23CCN(C)C[C@@]2(O)CC[C@H](NC(=O)Cc2ccc(Cl)c(Cl)c2)C3)c1. The third kappa shape index (κ3) is 5.10. The fraction of sp³-hybridized carbons (Fsp3) is 0.462. The van der Waals surface area contributed by atoms with Crippen molar-refractivity contribution in [3.8, 4) is 5.75 Å². The quantitative estimate of drug-likeness (QED) is 0.472. The number of nitrogens with one attached hydrogen (secondary N) is 1. The Labute approximate surface area is 210 Å². The summed E-state index contributed by atoms with van der Waals surface area (Å²) in [6, 6.07) is 12.6. The van der Waals surface area contributed by atoms with Crippen LogP contribution in [0.15, 0.2) is 42.5 Å². The number of benzene rings is 2. The van der Waals surface area contributed by atoms with E-state index < -0.39 is 11.0 Å². The lowest BCUT2D eigenvalue weighted by Crippen LogP contribution is -2.66. The van der Waals surface area contributed by atoms with E-state index in [1.54, 1.807) is 24.3 Å². The fourth-order valence-electron chi connectivity index (χ4n) is 5.63. The molecule has 4 rings (SSSR count). The van der Waals surface area contributed by atoms with Crippen LogP contribution in [0.4, 0.5) is 0 Å². The van der Waals surface area contributed by atoms with Gasteiger partial charge in [-0.2, -0.15) is 0 Å². The van der Waals surface area contributed by atoms with E-state index in [-0.39, 0.29) is 24.3 Å². The zero-order valence-corrected chi connectivity index (χ0v) is 21.0. The molecule has 0 spiro atoms. The smallest absolute Gasteiger partial charge is 0.308 e. The summed E-state index contributed by atoms with van der Waals surface area (Å²) < 4.78 is 5.33. The molecule has 0 aromatic heterocycles. The molecule has 0 radical (unpaired) electrons. The molecule has 0 bridgehead atoms. The predicted molar refractivity (Wildman–Crippen MR) is 132 cm³/mol. The number of carbonyl (C=O) groups is 2. The van der Waals surface area contributed by atoms with Crippen molar-refractivity contribution in [2.75, 3.05) is 20.1 Å². The number of nitrogens with zero attached hydrogens (tertiary/aromatic N) is 1. The first-order valence-electron chi connectivity index (χ1n) is 11.5. The number of likely N-dealkylation sites (tertiary alicyclic amines) is 1. The second-order valence-corrected chi connectivity index (χ2v) is 10.5. The minimum atomic E-state index is -0.945. The molecule has 182 valence electrons. The third-order valence-electron chi connectivity index (χ3n) is 7.21. The van der Waals surface area contributed by atoms with Gasteiger partial charge in [-0.25, -0.2) is 0 Å². The van der Waals surface area contributed by atoms with Crippen molar-refractivity contribution < 1.29 is 19.4 Å². The number of esters is 1. The van der Waals surface area contributed by atoms with Gasteiger partial charge in [-0.3, -0.25) is 9.59 Å². The zero-order chi connectivity index (χ0) is 24.5. The van der Waals surface area contributed by atoms with Crippen molar-refractivity contribution in [1.82, 2.24) is 10.2 Å². The number of aliphatic hydroxyl groups is 1. The Morgan fingerprint density at radius 2 is 1.97 bits per heavy atom. The number of likely N-dealkylation sites (N-methyl/N-ethyl adjacent to an activating group) is 1. The Morgan fingerprint density at radius 3 is 2.71 bits per heavy atom. The van der Waals surface area contributed by atoms with Gasteiger partial charge in [0.15, 0.2) is 0 Å². The number of amides is 1. The summed E-state index contributed by atoms with van der Waals surface area (Å²) in [6.45, 7) is 2.75. The summed E-state index contributed by atoms with van der Waals surface area (Å²) in [6.07, 6.45) is 2.79. The molecule has 8 heteroatoms. The molecular formula is C26H30Cl2N2O4. The summed E-state index contributed by atoms with van der Waals surface area (Å²) in [5.41, 5.74) is 0.225. The van der Waals surface area contributed by atoms with Crippen molar-refractivity contribution in [1.29, 1.82) is 0 Å². The molecule has 2 aromatic rings. The Hall–Kier alpha value is -2.12. The fourth-order valence-corrected chi connectivity index (χ4v) is 5.95. The van der Waals surface area contributed by atoms with E-state index in [1.165, 1.54) is 6.92 Å². The number of piperidine rings is 1. The first kappa shape index (κ1) is 25.0. The van der Waals surface area contributed by atoms with Crippen LogP contribution in [-0.4, -0.2) is 53.7 Å². The molecule has 2 aromatic carbocycles. The number of ether oxygens (including phenoxy) is 1. The molecule has 1 aliphatic carbocycles. The number of halogens is 2. The van der Waals surface area contributed by atoms with E-state index in [9.17, 15) is 14.7 Å². The lowest BCUT2D eigenvalue weighted by molar-refractivity contribution is -0.132. The summed E-state index contributed by atoms with van der Waals surface area (Å²) in [7, 11) is 2.02. The Kier molecular flexibility index (Phi) is 7.25. The van der Waals surface area contributed by atoms with E-state index in [0.717, 1.165) is 24.1 Å². The molecule has 0 unspecified atom stereocenters. The van der Waals surface area contributed by atoms with E-state index in [4.69, 9.17) is 27.9 Å². The summed E-state index contributed by atoms with van der Waals surface area (Å²) in [5.74, 6) is -0.0126. The summed E-state index contributed by atoms with van der Waals surface area (Å²) in [5, 5.41) is 16.0. The first-order chi connectivity index (χ1) is 16.1. The lowest BCUT2D eigenvalue weighted by atomic mass is 9.55. The van der Waals surface area contributed by atoms with Crippen LogP contribution < -0.4 is 10.1 Å². The van der Waals surface area contributed by atoms with Crippen LogP contribution in [-0.2, 0) is 21.4 Å². The van der Waals surface area contributed by atoms with Gasteiger partial charge >= 0.3 is 5.97 Å². The molecule has 34 heavy (non-hydrogen) atoms. The number of fused-ring (bicyclic) bond motifs is 1. The molecule has 1 saturated carbocycles. The highest BCUT2D eigenvalue weighted by molar-refractivity contribution is 6.42. The van der Waals surface area contributed by atoms with Crippen LogP contribution in [0.5, 0.6) is 5.75 Å². The highest BCUT2D eigenvalue weighted by atomic mass is 35.5. The van der Waals surface area contributed by atoms with Gasteiger partial charge in [0.25, 0.3) is 0 Å². The lowest BCUT2D eigenvalue weighted by Gasteiger charge is -2.57. The Morgan fingerprint density at radius 1 is 1.18 bits per heavy atom. The minimum absolute atomic E-state index is 0.0867. The van der Waals surface area contributed by atoms with Crippen molar-refractivity contribution in [3.63, 3.8) is 0 Å². The normalized spacial score (nSPS) is 27.0. The molecule has 6 nitrogen and oxygen atoms in total. The molecule has 1 saturated heterocycles. The Balaban J connectivity index is 1.57. The molecule has 1 aliphatic heterocycles. The third-order valence-corrected chi connectivity index (χ3v) is 7.94.